The third kappa shape index (κ3) is 3.62. The van der Waals surface area contributed by atoms with Gasteiger partial charge in [0.25, 0.3) is 5.91 Å². The quantitative estimate of drug-likeness (QED) is 0.699. The second kappa shape index (κ2) is 8.12. The Labute approximate surface area is 173 Å². The normalized spacial score (nSPS) is 12.2. The van der Waals surface area contributed by atoms with Crippen LogP contribution in [0.1, 0.15) is 10.4 Å². The summed E-state index contributed by atoms with van der Waals surface area (Å²) in [5.41, 5.74) is 1.29. The number of hydrogen-bond donors (Lipinski definition) is 1. The highest BCUT2D eigenvalue weighted by atomic mass is 16.5. The van der Waals surface area contributed by atoms with Gasteiger partial charge in [-0.1, -0.05) is 12.1 Å². The number of carbonyl (C=O) groups is 2. The molecule has 2 heterocycles. The van der Waals surface area contributed by atoms with Crippen molar-refractivity contribution >= 4 is 23.2 Å². The number of fused-ring (bicyclic) bond motifs is 2. The number of nitrogens with one attached hydrogen (secondary N) is 1. The van der Waals surface area contributed by atoms with E-state index in [1.165, 1.54) is 19.1 Å². The zero-order valence-corrected chi connectivity index (χ0v) is 16.4. The molecule has 0 fully saturated rings. The van der Waals surface area contributed by atoms with Crippen LogP contribution in [-0.2, 0) is 4.79 Å². The smallest absolute Gasteiger partial charge is 0.264 e. The van der Waals surface area contributed by atoms with Gasteiger partial charge < -0.3 is 19.5 Å². The minimum absolute atomic E-state index is 0.206. The van der Waals surface area contributed by atoms with Gasteiger partial charge in [-0.15, -0.1) is 0 Å². The van der Waals surface area contributed by atoms with E-state index in [0.717, 1.165) is 0 Å². The average molecular weight is 405 g/mol. The number of anilines is 2. The fraction of sp³-hybridized carbons (Fsp3) is 0.136. The van der Waals surface area contributed by atoms with Crippen molar-refractivity contribution in [2.45, 2.75) is 0 Å². The molecule has 0 unspecified atom stereocenters. The minimum atomic E-state index is -0.377. The van der Waals surface area contributed by atoms with Crippen LogP contribution in [0.15, 0.2) is 60.8 Å². The van der Waals surface area contributed by atoms with Crippen molar-refractivity contribution in [2.24, 2.45) is 0 Å². The standard InChI is InChI=1S/C22H19N3O5/c1-28-18-10-9-14(12-19(18)29-2)24-20(26)13-25-16-7-3-4-8-17(16)30-21-15(22(25)27)6-5-11-23-21/h3-12H,13H2,1-2H3,(H,24,26). The van der Waals surface area contributed by atoms with Crippen molar-refractivity contribution < 1.29 is 23.8 Å². The van der Waals surface area contributed by atoms with Crippen molar-refractivity contribution in [3.05, 3.63) is 66.4 Å². The number of ether oxygens (including phenoxy) is 3. The lowest BCUT2D eigenvalue weighted by atomic mass is 10.2. The number of hydrogen-bond acceptors (Lipinski definition) is 6. The number of methoxy groups -OCH3 is 2. The molecule has 0 spiro atoms. The lowest BCUT2D eigenvalue weighted by molar-refractivity contribution is -0.114. The van der Waals surface area contributed by atoms with Crippen LogP contribution in [0.3, 0.4) is 0 Å². The maximum absolute atomic E-state index is 13.2. The molecular formula is C22H19N3O5. The van der Waals surface area contributed by atoms with Crippen molar-refractivity contribution in [1.29, 1.82) is 0 Å². The Morgan fingerprint density at radius 3 is 2.67 bits per heavy atom. The molecule has 2 amide bonds. The summed E-state index contributed by atoms with van der Waals surface area (Å²) in [6.45, 7) is -0.206. The molecule has 4 rings (SSSR count). The molecule has 3 aromatic rings. The maximum atomic E-state index is 13.2. The molecule has 0 saturated heterocycles. The number of rotatable bonds is 5. The monoisotopic (exact) mass is 405 g/mol. The lowest BCUT2D eigenvalue weighted by Gasteiger charge is -2.21. The van der Waals surface area contributed by atoms with Crippen molar-refractivity contribution in [3.63, 3.8) is 0 Å². The van der Waals surface area contributed by atoms with E-state index in [2.05, 4.69) is 10.3 Å². The molecule has 2 aromatic carbocycles. The number of para-hydroxylation sites is 2. The third-order valence-corrected chi connectivity index (χ3v) is 4.58. The zero-order chi connectivity index (χ0) is 21.1. The summed E-state index contributed by atoms with van der Waals surface area (Å²) in [6.07, 6.45) is 1.55. The van der Waals surface area contributed by atoms with Gasteiger partial charge in [0.05, 0.1) is 19.9 Å². The summed E-state index contributed by atoms with van der Waals surface area (Å²) >= 11 is 0. The number of aromatic nitrogens is 1. The Morgan fingerprint density at radius 2 is 1.87 bits per heavy atom. The van der Waals surface area contributed by atoms with E-state index in [4.69, 9.17) is 14.2 Å². The van der Waals surface area contributed by atoms with Crippen LogP contribution in [0.4, 0.5) is 11.4 Å². The second-order valence-electron chi connectivity index (χ2n) is 6.44. The predicted molar refractivity (Wildman–Crippen MR) is 111 cm³/mol. The fourth-order valence-corrected chi connectivity index (χ4v) is 3.18. The van der Waals surface area contributed by atoms with Crippen LogP contribution >= 0.6 is 0 Å². The molecule has 8 nitrogen and oxygen atoms in total. The molecule has 152 valence electrons. The number of amides is 2. The molecule has 0 radical (unpaired) electrons. The first-order valence-electron chi connectivity index (χ1n) is 9.16. The van der Waals surface area contributed by atoms with Crippen LogP contribution in [-0.4, -0.2) is 37.6 Å². The molecule has 30 heavy (non-hydrogen) atoms. The molecule has 0 bridgehead atoms. The first-order valence-corrected chi connectivity index (χ1v) is 9.16. The van der Waals surface area contributed by atoms with Crippen LogP contribution < -0.4 is 24.4 Å². The van der Waals surface area contributed by atoms with Crippen molar-refractivity contribution in [3.8, 4) is 23.1 Å². The van der Waals surface area contributed by atoms with Gasteiger partial charge in [-0.05, 0) is 36.4 Å². The van der Waals surface area contributed by atoms with Crippen LogP contribution in [0.25, 0.3) is 0 Å². The van der Waals surface area contributed by atoms with E-state index in [1.54, 1.807) is 60.8 Å². The highest BCUT2D eigenvalue weighted by molar-refractivity contribution is 6.12. The van der Waals surface area contributed by atoms with Crippen LogP contribution in [0, 0.1) is 0 Å². The van der Waals surface area contributed by atoms with E-state index in [1.807, 2.05) is 0 Å². The molecule has 0 aliphatic carbocycles. The first-order chi connectivity index (χ1) is 14.6. The van der Waals surface area contributed by atoms with Gasteiger partial charge in [-0.3, -0.25) is 14.5 Å². The Balaban J connectivity index is 1.61. The lowest BCUT2D eigenvalue weighted by Crippen LogP contribution is -2.37. The van der Waals surface area contributed by atoms with Gasteiger partial charge in [0.1, 0.15) is 12.1 Å². The SMILES string of the molecule is COc1ccc(NC(=O)CN2C(=O)c3cccnc3Oc3ccccc32)cc1OC. The fourth-order valence-electron chi connectivity index (χ4n) is 3.18. The molecule has 1 aromatic heterocycles. The summed E-state index contributed by atoms with van der Waals surface area (Å²) in [5.74, 6) is 0.941. The maximum Gasteiger partial charge on any atom is 0.264 e. The van der Waals surface area contributed by atoms with Crippen LogP contribution in [0.5, 0.6) is 23.1 Å². The summed E-state index contributed by atoms with van der Waals surface area (Å²) in [4.78, 5) is 31.5. The third-order valence-electron chi connectivity index (χ3n) is 4.58. The van der Waals surface area contributed by atoms with Crippen LogP contribution in [0.2, 0.25) is 0 Å². The number of nitrogens with zero attached hydrogens (tertiary/aromatic N) is 2. The number of benzene rings is 2. The Hall–Kier alpha value is -4.07. The summed E-state index contributed by atoms with van der Waals surface area (Å²) in [5, 5.41) is 2.79. The zero-order valence-electron chi connectivity index (χ0n) is 16.4. The van der Waals surface area contributed by atoms with Gasteiger partial charge in [-0.25, -0.2) is 4.98 Å². The average Bonchev–Trinajstić information content (AvgIpc) is 2.88. The van der Waals surface area contributed by atoms with Crippen molar-refractivity contribution in [2.75, 3.05) is 31.0 Å². The summed E-state index contributed by atoms with van der Waals surface area (Å²) in [6, 6.07) is 15.3. The predicted octanol–water partition coefficient (Wildman–Crippen LogP) is 3.49. The Bertz CT molecular complexity index is 1120. The van der Waals surface area contributed by atoms with E-state index in [0.29, 0.717) is 28.6 Å². The second-order valence-corrected chi connectivity index (χ2v) is 6.44. The molecule has 1 N–H and O–H groups in total. The summed E-state index contributed by atoms with van der Waals surface area (Å²) < 4.78 is 16.3. The highest BCUT2D eigenvalue weighted by Gasteiger charge is 2.30. The Morgan fingerprint density at radius 1 is 1.07 bits per heavy atom. The minimum Gasteiger partial charge on any atom is -0.493 e. The van der Waals surface area contributed by atoms with E-state index >= 15 is 0 Å². The molecular weight excluding hydrogens is 386 g/mol. The molecule has 0 saturated carbocycles. The van der Waals surface area contributed by atoms with Crippen molar-refractivity contribution in [1.82, 2.24) is 4.98 Å². The van der Waals surface area contributed by atoms with Gasteiger partial charge in [-0.2, -0.15) is 0 Å². The summed E-state index contributed by atoms with van der Waals surface area (Å²) in [7, 11) is 3.05. The molecule has 1 aliphatic rings. The number of pyridine rings is 1. The van der Waals surface area contributed by atoms with Gasteiger partial charge in [0.15, 0.2) is 17.2 Å². The number of carbonyl (C=O) groups excluding carboxylic acids is 2. The molecule has 0 atom stereocenters. The largest absolute Gasteiger partial charge is 0.493 e. The van der Waals surface area contributed by atoms with Gasteiger partial charge >= 0.3 is 0 Å². The Kier molecular flexibility index (Phi) is 5.21. The van der Waals surface area contributed by atoms with E-state index in [9.17, 15) is 9.59 Å². The van der Waals surface area contributed by atoms with Gasteiger partial charge in [0.2, 0.25) is 11.8 Å². The highest BCUT2D eigenvalue weighted by Crippen LogP contribution is 2.37. The first kappa shape index (κ1) is 19.3. The molecule has 1 aliphatic heterocycles. The molecule has 8 heteroatoms. The van der Waals surface area contributed by atoms with E-state index < -0.39 is 0 Å². The van der Waals surface area contributed by atoms with E-state index in [-0.39, 0.29) is 29.8 Å². The van der Waals surface area contributed by atoms with Gasteiger partial charge in [0, 0.05) is 18.0 Å². The topological polar surface area (TPSA) is 90.0 Å².